The maximum Gasteiger partial charge on any atom is 0.257 e. The summed E-state index contributed by atoms with van der Waals surface area (Å²) in [7, 11) is 0. The summed E-state index contributed by atoms with van der Waals surface area (Å²) in [5, 5.41) is 12.2. The highest BCUT2D eigenvalue weighted by Crippen LogP contribution is 2.26. The first-order valence-electron chi connectivity index (χ1n) is 9.95. The number of piperidine rings is 1. The maximum absolute atomic E-state index is 12.6. The molecule has 7 heteroatoms. The molecule has 4 rings (SSSR count). The Labute approximate surface area is 189 Å². The van der Waals surface area contributed by atoms with Crippen molar-refractivity contribution >= 4 is 44.9 Å². The molecule has 1 amide bonds. The van der Waals surface area contributed by atoms with Gasteiger partial charge in [0.25, 0.3) is 5.91 Å². The quantitative estimate of drug-likeness (QED) is 0.489. The summed E-state index contributed by atoms with van der Waals surface area (Å²) in [5.74, 6) is 1.43. The van der Waals surface area contributed by atoms with Crippen LogP contribution in [0.15, 0.2) is 59.1 Å². The third-order valence-corrected chi connectivity index (χ3v) is 6.17. The minimum atomic E-state index is -0.265. The van der Waals surface area contributed by atoms with E-state index in [9.17, 15) is 4.79 Å². The molecule has 30 heavy (non-hydrogen) atoms. The number of amides is 1. The van der Waals surface area contributed by atoms with E-state index >= 15 is 0 Å². The number of nitrogens with zero attached hydrogens (tertiary/aromatic N) is 3. The largest absolute Gasteiger partial charge is 0.355 e. The first-order chi connectivity index (χ1) is 14.5. The van der Waals surface area contributed by atoms with Crippen LogP contribution in [0.3, 0.4) is 0 Å². The van der Waals surface area contributed by atoms with Gasteiger partial charge in [0.1, 0.15) is 0 Å². The van der Waals surface area contributed by atoms with Crippen LogP contribution in [0.5, 0.6) is 0 Å². The summed E-state index contributed by atoms with van der Waals surface area (Å²) in [6.07, 6.45) is 2.38. The van der Waals surface area contributed by atoms with Gasteiger partial charge in [-0.2, -0.15) is 0 Å². The molecule has 5 nitrogen and oxygen atoms in total. The van der Waals surface area contributed by atoms with E-state index in [4.69, 9.17) is 11.6 Å². The molecular weight excluding hydrogens is 464 g/mol. The number of hydrogen-bond donors (Lipinski definition) is 1. The van der Waals surface area contributed by atoms with Gasteiger partial charge in [-0.3, -0.25) is 4.79 Å². The van der Waals surface area contributed by atoms with E-state index in [1.165, 1.54) is 12.8 Å². The third-order valence-electron chi connectivity index (χ3n) is 5.35. The molecule has 2 heterocycles. The summed E-state index contributed by atoms with van der Waals surface area (Å²) in [6, 6.07) is 16.7. The SMILES string of the molecule is CC1CCN(c2ccc(-c3cccc(NC(=O)c4cc(Br)ccc4Cl)c3)nn2)CC1. The summed E-state index contributed by atoms with van der Waals surface area (Å²) in [4.78, 5) is 14.9. The highest BCUT2D eigenvalue weighted by atomic mass is 79.9. The lowest BCUT2D eigenvalue weighted by Gasteiger charge is -2.30. The van der Waals surface area contributed by atoms with Crippen LogP contribution in [0.1, 0.15) is 30.1 Å². The molecule has 0 saturated carbocycles. The molecule has 1 aliphatic rings. The molecule has 1 fully saturated rings. The summed E-state index contributed by atoms with van der Waals surface area (Å²) in [6.45, 7) is 4.34. The van der Waals surface area contributed by atoms with E-state index in [1.54, 1.807) is 18.2 Å². The number of carbonyl (C=O) groups is 1. The summed E-state index contributed by atoms with van der Waals surface area (Å²) >= 11 is 9.54. The molecule has 1 N–H and O–H groups in total. The van der Waals surface area contributed by atoms with E-state index in [0.29, 0.717) is 16.3 Å². The molecular formula is C23H22BrClN4O. The third kappa shape index (κ3) is 4.82. The second-order valence-corrected chi connectivity index (χ2v) is 8.93. The summed E-state index contributed by atoms with van der Waals surface area (Å²) in [5.41, 5.74) is 2.74. The molecule has 1 aromatic heterocycles. The number of aromatic nitrogens is 2. The van der Waals surface area contributed by atoms with Crippen molar-refractivity contribution in [1.29, 1.82) is 0 Å². The molecule has 0 bridgehead atoms. The van der Waals surface area contributed by atoms with Crippen LogP contribution in [-0.2, 0) is 0 Å². The van der Waals surface area contributed by atoms with Gasteiger partial charge in [-0.1, -0.05) is 46.6 Å². The van der Waals surface area contributed by atoms with Crippen molar-refractivity contribution in [2.45, 2.75) is 19.8 Å². The molecule has 0 unspecified atom stereocenters. The Morgan fingerprint density at radius 3 is 2.63 bits per heavy atom. The van der Waals surface area contributed by atoms with Crippen molar-refractivity contribution in [1.82, 2.24) is 10.2 Å². The number of anilines is 2. The highest BCUT2D eigenvalue weighted by molar-refractivity contribution is 9.10. The molecule has 1 saturated heterocycles. The van der Waals surface area contributed by atoms with Crippen LogP contribution >= 0.6 is 27.5 Å². The highest BCUT2D eigenvalue weighted by Gasteiger charge is 2.17. The topological polar surface area (TPSA) is 58.1 Å². The van der Waals surface area contributed by atoms with Crippen LogP contribution in [0.2, 0.25) is 5.02 Å². The maximum atomic E-state index is 12.6. The number of rotatable bonds is 4. The Balaban J connectivity index is 1.49. The van der Waals surface area contributed by atoms with Crippen molar-refractivity contribution in [3.8, 4) is 11.3 Å². The number of carbonyl (C=O) groups excluding carboxylic acids is 1. The molecule has 154 valence electrons. The molecule has 1 aliphatic heterocycles. The van der Waals surface area contributed by atoms with Gasteiger partial charge in [0, 0.05) is 28.8 Å². The van der Waals surface area contributed by atoms with Crippen LogP contribution in [0.25, 0.3) is 11.3 Å². The average Bonchev–Trinajstić information content (AvgIpc) is 2.76. The molecule has 0 atom stereocenters. The number of benzene rings is 2. The Kier molecular flexibility index (Phi) is 6.35. The molecule has 0 aliphatic carbocycles. The number of halogens is 2. The lowest BCUT2D eigenvalue weighted by atomic mass is 9.99. The number of nitrogens with one attached hydrogen (secondary N) is 1. The zero-order valence-corrected chi connectivity index (χ0v) is 18.9. The van der Waals surface area contributed by atoms with Crippen LogP contribution < -0.4 is 10.2 Å². The number of hydrogen-bond acceptors (Lipinski definition) is 4. The normalized spacial score (nSPS) is 14.6. The smallest absolute Gasteiger partial charge is 0.257 e. The zero-order valence-electron chi connectivity index (χ0n) is 16.6. The molecule has 2 aromatic carbocycles. The fourth-order valence-electron chi connectivity index (χ4n) is 3.51. The summed E-state index contributed by atoms with van der Waals surface area (Å²) < 4.78 is 0.796. The minimum absolute atomic E-state index is 0.265. The first kappa shape index (κ1) is 20.8. The van der Waals surface area contributed by atoms with Crippen molar-refractivity contribution in [3.63, 3.8) is 0 Å². The Hall–Kier alpha value is -2.44. The first-order valence-corrected chi connectivity index (χ1v) is 11.1. The van der Waals surface area contributed by atoms with Crippen molar-refractivity contribution in [3.05, 3.63) is 69.7 Å². The Morgan fingerprint density at radius 2 is 1.90 bits per heavy atom. The van der Waals surface area contributed by atoms with Crippen LogP contribution in [0.4, 0.5) is 11.5 Å². The standard InChI is InChI=1S/C23H22BrClN4O/c1-15-9-11-29(12-10-15)22-8-7-21(27-28-22)16-3-2-4-18(13-16)26-23(30)19-14-17(24)5-6-20(19)25/h2-8,13-15H,9-12H2,1H3,(H,26,30). The minimum Gasteiger partial charge on any atom is -0.355 e. The average molecular weight is 486 g/mol. The monoisotopic (exact) mass is 484 g/mol. The Morgan fingerprint density at radius 1 is 1.10 bits per heavy atom. The van der Waals surface area contributed by atoms with Crippen LogP contribution in [0, 0.1) is 5.92 Å². The van der Waals surface area contributed by atoms with Gasteiger partial charge in [-0.25, -0.2) is 0 Å². The molecule has 0 radical (unpaired) electrons. The lowest BCUT2D eigenvalue weighted by Crippen LogP contribution is -2.33. The lowest BCUT2D eigenvalue weighted by molar-refractivity contribution is 0.102. The second kappa shape index (κ2) is 9.14. The predicted octanol–water partition coefficient (Wildman–Crippen LogP) is 6.05. The van der Waals surface area contributed by atoms with Gasteiger partial charge in [0.05, 0.1) is 16.3 Å². The van der Waals surface area contributed by atoms with Crippen LogP contribution in [-0.4, -0.2) is 29.2 Å². The Bertz CT molecular complexity index is 1050. The van der Waals surface area contributed by atoms with E-state index < -0.39 is 0 Å². The van der Waals surface area contributed by atoms with Gasteiger partial charge >= 0.3 is 0 Å². The van der Waals surface area contributed by atoms with Gasteiger partial charge < -0.3 is 10.2 Å². The predicted molar refractivity (Wildman–Crippen MR) is 125 cm³/mol. The van der Waals surface area contributed by atoms with Crippen molar-refractivity contribution in [2.24, 2.45) is 5.92 Å². The van der Waals surface area contributed by atoms with E-state index in [2.05, 4.69) is 43.3 Å². The van der Waals surface area contributed by atoms with Gasteiger partial charge in [-0.05, 0) is 61.2 Å². The van der Waals surface area contributed by atoms with E-state index in [0.717, 1.165) is 40.6 Å². The zero-order chi connectivity index (χ0) is 21.1. The second-order valence-electron chi connectivity index (χ2n) is 7.61. The van der Waals surface area contributed by atoms with Gasteiger partial charge in [0.2, 0.25) is 0 Å². The van der Waals surface area contributed by atoms with Crippen molar-refractivity contribution in [2.75, 3.05) is 23.3 Å². The van der Waals surface area contributed by atoms with Crippen molar-refractivity contribution < 1.29 is 4.79 Å². The molecule has 3 aromatic rings. The fourth-order valence-corrected chi connectivity index (χ4v) is 4.08. The van der Waals surface area contributed by atoms with Gasteiger partial charge in [0.15, 0.2) is 5.82 Å². The van der Waals surface area contributed by atoms with E-state index in [1.807, 2.05) is 36.4 Å². The van der Waals surface area contributed by atoms with E-state index in [-0.39, 0.29) is 5.91 Å². The van der Waals surface area contributed by atoms with Gasteiger partial charge in [-0.15, -0.1) is 10.2 Å². The fraction of sp³-hybridized carbons (Fsp3) is 0.261. The molecule has 0 spiro atoms.